The van der Waals surface area contributed by atoms with Crippen LogP contribution >= 0.6 is 11.8 Å². The van der Waals surface area contributed by atoms with Crippen LogP contribution in [0.5, 0.6) is 5.75 Å². The predicted molar refractivity (Wildman–Crippen MR) is 104 cm³/mol. The quantitative estimate of drug-likeness (QED) is 0.570. The van der Waals surface area contributed by atoms with Crippen LogP contribution in [-0.4, -0.2) is 62.1 Å². The van der Waals surface area contributed by atoms with E-state index in [-0.39, 0.29) is 12.5 Å². The number of hydrogen-bond donors (Lipinski definition) is 2. The van der Waals surface area contributed by atoms with Crippen molar-refractivity contribution in [1.29, 1.82) is 0 Å². The molecule has 0 spiro atoms. The van der Waals surface area contributed by atoms with Crippen molar-refractivity contribution < 1.29 is 9.53 Å². The van der Waals surface area contributed by atoms with Crippen LogP contribution in [0, 0.1) is 0 Å². The highest BCUT2D eigenvalue weighted by atomic mass is 32.2. The monoisotopic (exact) mass is 364 g/mol. The van der Waals surface area contributed by atoms with Gasteiger partial charge in [0.2, 0.25) is 0 Å². The number of thioether (sulfide) groups is 1. The number of amides is 1. The summed E-state index contributed by atoms with van der Waals surface area (Å²) >= 11 is 2.03. The number of likely N-dealkylation sites (N-methyl/N-ethyl adjacent to an activating group) is 1. The van der Waals surface area contributed by atoms with Crippen molar-refractivity contribution in [3.63, 3.8) is 0 Å². The Morgan fingerprint density at radius 1 is 1.40 bits per heavy atom. The Morgan fingerprint density at radius 2 is 2.24 bits per heavy atom. The Balaban J connectivity index is 1.78. The number of aliphatic imine (C=N–C) groups is 1. The molecule has 25 heavy (non-hydrogen) atoms. The molecule has 1 amide bonds. The van der Waals surface area contributed by atoms with Gasteiger partial charge in [-0.1, -0.05) is 12.1 Å². The molecule has 1 saturated heterocycles. The standard InChI is InChI=1S/C18H28N4O2S/c1-19-18(21-12-16-8-5-9-25-16)20-11-14-6-4-7-15(10-14)24-13-17(23)22(2)3/h4,6-7,10,16H,5,8-9,11-13H2,1-3H3,(H2,19,20,21). The normalized spacial score (nSPS) is 17.2. The summed E-state index contributed by atoms with van der Waals surface area (Å²) < 4.78 is 5.55. The highest BCUT2D eigenvalue weighted by Gasteiger charge is 2.15. The minimum Gasteiger partial charge on any atom is -0.484 e. The van der Waals surface area contributed by atoms with Gasteiger partial charge in [-0.25, -0.2) is 0 Å². The van der Waals surface area contributed by atoms with Crippen molar-refractivity contribution in [2.45, 2.75) is 24.6 Å². The molecule has 0 aliphatic carbocycles. The maximum atomic E-state index is 11.6. The summed E-state index contributed by atoms with van der Waals surface area (Å²) in [7, 11) is 5.22. The Hall–Kier alpha value is -1.89. The highest BCUT2D eigenvalue weighted by Crippen LogP contribution is 2.25. The van der Waals surface area contributed by atoms with Gasteiger partial charge in [0.25, 0.3) is 5.91 Å². The summed E-state index contributed by atoms with van der Waals surface area (Å²) in [5.74, 6) is 2.71. The Kier molecular flexibility index (Phi) is 7.91. The zero-order valence-electron chi connectivity index (χ0n) is 15.2. The first-order valence-electron chi connectivity index (χ1n) is 8.56. The zero-order chi connectivity index (χ0) is 18.1. The van der Waals surface area contributed by atoms with Gasteiger partial charge in [-0.15, -0.1) is 0 Å². The molecule has 0 saturated carbocycles. The van der Waals surface area contributed by atoms with Gasteiger partial charge in [0.15, 0.2) is 12.6 Å². The smallest absolute Gasteiger partial charge is 0.259 e. The third kappa shape index (κ3) is 6.86. The van der Waals surface area contributed by atoms with Gasteiger partial charge < -0.3 is 20.3 Å². The van der Waals surface area contributed by atoms with Crippen molar-refractivity contribution >= 4 is 23.6 Å². The summed E-state index contributed by atoms with van der Waals surface area (Å²) in [5, 5.41) is 7.39. The highest BCUT2D eigenvalue weighted by molar-refractivity contribution is 8.00. The average molecular weight is 365 g/mol. The van der Waals surface area contributed by atoms with Crippen LogP contribution in [0.4, 0.5) is 0 Å². The number of guanidine groups is 1. The Morgan fingerprint density at radius 3 is 2.92 bits per heavy atom. The summed E-state index contributed by atoms with van der Waals surface area (Å²) in [5.41, 5.74) is 1.08. The molecular weight excluding hydrogens is 336 g/mol. The molecule has 2 N–H and O–H groups in total. The topological polar surface area (TPSA) is 66.0 Å². The lowest BCUT2D eigenvalue weighted by atomic mass is 10.2. The van der Waals surface area contributed by atoms with E-state index in [2.05, 4.69) is 15.6 Å². The molecule has 0 radical (unpaired) electrons. The van der Waals surface area contributed by atoms with E-state index in [0.717, 1.165) is 18.1 Å². The second kappa shape index (κ2) is 10.2. The minimum atomic E-state index is -0.0575. The third-order valence-corrected chi connectivity index (χ3v) is 5.36. The Bertz CT molecular complexity index is 586. The summed E-state index contributed by atoms with van der Waals surface area (Å²) in [4.78, 5) is 17.4. The molecule has 1 aliphatic rings. The summed E-state index contributed by atoms with van der Waals surface area (Å²) in [6.07, 6.45) is 2.59. The fourth-order valence-corrected chi connectivity index (χ4v) is 3.64. The van der Waals surface area contributed by atoms with Crippen molar-refractivity contribution in [2.75, 3.05) is 40.0 Å². The first-order valence-corrected chi connectivity index (χ1v) is 9.61. The molecule has 6 nitrogen and oxygen atoms in total. The number of carbonyl (C=O) groups is 1. The van der Waals surface area contributed by atoms with Crippen LogP contribution in [0.15, 0.2) is 29.3 Å². The molecular formula is C18H28N4O2S. The summed E-state index contributed by atoms with van der Waals surface area (Å²) in [6.45, 7) is 1.64. The van der Waals surface area contributed by atoms with E-state index in [0.29, 0.717) is 17.5 Å². The molecule has 1 aromatic rings. The lowest BCUT2D eigenvalue weighted by Crippen LogP contribution is -2.39. The summed E-state index contributed by atoms with van der Waals surface area (Å²) in [6, 6.07) is 7.75. The van der Waals surface area contributed by atoms with Crippen LogP contribution in [0.2, 0.25) is 0 Å². The van der Waals surface area contributed by atoms with E-state index < -0.39 is 0 Å². The maximum absolute atomic E-state index is 11.6. The van der Waals surface area contributed by atoms with Crippen molar-refractivity contribution in [1.82, 2.24) is 15.5 Å². The van der Waals surface area contributed by atoms with Gasteiger partial charge in [0.1, 0.15) is 5.75 Å². The first-order chi connectivity index (χ1) is 12.1. The lowest BCUT2D eigenvalue weighted by molar-refractivity contribution is -0.130. The van der Waals surface area contributed by atoms with Gasteiger partial charge in [-0.05, 0) is 36.3 Å². The van der Waals surface area contributed by atoms with Gasteiger partial charge in [0, 0.05) is 39.5 Å². The number of benzene rings is 1. The fraction of sp³-hybridized carbons (Fsp3) is 0.556. The van der Waals surface area contributed by atoms with E-state index >= 15 is 0 Å². The zero-order valence-corrected chi connectivity index (χ0v) is 16.1. The van der Waals surface area contributed by atoms with Crippen molar-refractivity contribution in [2.24, 2.45) is 4.99 Å². The molecule has 2 rings (SSSR count). The molecule has 0 aromatic heterocycles. The SMILES string of the molecule is CN=C(NCc1cccc(OCC(=O)N(C)C)c1)NCC1CCCS1. The number of ether oxygens (including phenoxy) is 1. The van der Waals surface area contributed by atoms with E-state index in [9.17, 15) is 4.79 Å². The molecule has 1 fully saturated rings. The fourth-order valence-electron chi connectivity index (χ4n) is 2.44. The molecule has 138 valence electrons. The van der Waals surface area contributed by atoms with Crippen LogP contribution in [-0.2, 0) is 11.3 Å². The van der Waals surface area contributed by atoms with Gasteiger partial charge in [-0.3, -0.25) is 9.79 Å². The van der Waals surface area contributed by atoms with E-state index in [1.807, 2.05) is 36.0 Å². The molecule has 1 atom stereocenters. The maximum Gasteiger partial charge on any atom is 0.259 e. The number of nitrogens with zero attached hydrogens (tertiary/aromatic N) is 2. The third-order valence-electron chi connectivity index (χ3n) is 3.96. The molecule has 1 heterocycles. The second-order valence-electron chi connectivity index (χ2n) is 6.17. The molecule has 1 aromatic carbocycles. The van der Waals surface area contributed by atoms with E-state index in [1.54, 1.807) is 21.1 Å². The number of carbonyl (C=O) groups excluding carboxylic acids is 1. The first kappa shape index (κ1) is 19.4. The molecule has 1 unspecified atom stereocenters. The Labute approximate surface area is 154 Å². The van der Waals surface area contributed by atoms with Gasteiger partial charge in [-0.2, -0.15) is 11.8 Å². The molecule has 7 heteroatoms. The minimum absolute atomic E-state index is 0.0478. The lowest BCUT2D eigenvalue weighted by Gasteiger charge is -2.15. The molecule has 0 bridgehead atoms. The van der Waals surface area contributed by atoms with Crippen LogP contribution in [0.3, 0.4) is 0 Å². The number of nitrogens with one attached hydrogen (secondary N) is 2. The largest absolute Gasteiger partial charge is 0.484 e. The van der Waals surface area contributed by atoms with Crippen LogP contribution in [0.25, 0.3) is 0 Å². The molecule has 1 aliphatic heterocycles. The van der Waals surface area contributed by atoms with E-state index in [1.165, 1.54) is 23.5 Å². The number of rotatable bonds is 7. The number of hydrogen-bond acceptors (Lipinski definition) is 4. The second-order valence-corrected chi connectivity index (χ2v) is 7.57. The predicted octanol–water partition coefficient (Wildman–Crippen LogP) is 1.71. The van der Waals surface area contributed by atoms with Crippen LogP contribution < -0.4 is 15.4 Å². The van der Waals surface area contributed by atoms with Crippen molar-refractivity contribution in [3.8, 4) is 5.75 Å². The van der Waals surface area contributed by atoms with Gasteiger partial charge >= 0.3 is 0 Å². The van der Waals surface area contributed by atoms with Gasteiger partial charge in [0.05, 0.1) is 0 Å². The van der Waals surface area contributed by atoms with Crippen molar-refractivity contribution in [3.05, 3.63) is 29.8 Å². The average Bonchev–Trinajstić information content (AvgIpc) is 3.13. The van der Waals surface area contributed by atoms with Crippen LogP contribution in [0.1, 0.15) is 18.4 Å². The van der Waals surface area contributed by atoms with E-state index in [4.69, 9.17) is 4.74 Å².